The molecule has 0 saturated carbocycles. The lowest BCUT2D eigenvalue weighted by molar-refractivity contribution is 0.241. The molecule has 2 rings (SSSR count). The molecule has 0 aliphatic rings. The Balaban J connectivity index is 2.37. The van der Waals surface area contributed by atoms with Crippen LogP contribution in [0.15, 0.2) is 41.1 Å². The second-order valence-corrected chi connectivity index (χ2v) is 5.74. The highest BCUT2D eigenvalue weighted by Crippen LogP contribution is 2.30. The maximum Gasteiger partial charge on any atom is 0.138 e. The summed E-state index contributed by atoms with van der Waals surface area (Å²) in [6, 6.07) is 6.03. The monoisotopic (exact) mass is 353 g/mol. The van der Waals surface area contributed by atoms with E-state index in [0.29, 0.717) is 10.2 Å². The number of rotatable bonds is 5. The van der Waals surface area contributed by atoms with Crippen LogP contribution in [0.25, 0.3) is 0 Å². The summed E-state index contributed by atoms with van der Waals surface area (Å²) in [7, 11) is 0. The van der Waals surface area contributed by atoms with Gasteiger partial charge in [-0.05, 0) is 43.2 Å². The normalized spacial score (nSPS) is 12.5. The van der Waals surface area contributed by atoms with Gasteiger partial charge in [-0.2, -0.15) is 0 Å². The van der Waals surface area contributed by atoms with Crippen LogP contribution in [-0.2, 0) is 0 Å². The van der Waals surface area contributed by atoms with Gasteiger partial charge in [-0.1, -0.05) is 22.0 Å². The molecule has 1 heterocycles. The van der Waals surface area contributed by atoms with Crippen LogP contribution in [0, 0.1) is 5.82 Å². The summed E-state index contributed by atoms with van der Waals surface area (Å²) < 4.78 is 19.5. The lowest BCUT2D eigenvalue weighted by atomic mass is 10.0. The number of nitrogens with one attached hydrogen (secondary N) is 1. The molecule has 0 saturated heterocycles. The van der Waals surface area contributed by atoms with Crippen molar-refractivity contribution >= 4 is 15.9 Å². The molecule has 21 heavy (non-hydrogen) atoms. The van der Waals surface area contributed by atoms with E-state index in [9.17, 15) is 4.39 Å². The van der Waals surface area contributed by atoms with E-state index in [0.717, 1.165) is 11.1 Å². The molecule has 2 aromatic rings. The average Bonchev–Trinajstić information content (AvgIpc) is 2.41. The van der Waals surface area contributed by atoms with Crippen molar-refractivity contribution in [2.24, 2.45) is 5.84 Å². The minimum atomic E-state index is -0.316. The number of pyridine rings is 1. The van der Waals surface area contributed by atoms with E-state index in [2.05, 4.69) is 26.3 Å². The third-order valence-electron chi connectivity index (χ3n) is 2.88. The van der Waals surface area contributed by atoms with Gasteiger partial charge in [-0.3, -0.25) is 10.8 Å². The van der Waals surface area contributed by atoms with Crippen molar-refractivity contribution in [2.75, 3.05) is 0 Å². The third-order valence-corrected chi connectivity index (χ3v) is 3.57. The van der Waals surface area contributed by atoms with Crippen molar-refractivity contribution in [3.05, 3.63) is 58.1 Å². The molecule has 3 N–H and O–H groups in total. The molecule has 1 aromatic heterocycles. The summed E-state index contributed by atoms with van der Waals surface area (Å²) in [6.45, 7) is 3.89. The molecule has 0 bridgehead atoms. The van der Waals surface area contributed by atoms with Gasteiger partial charge < -0.3 is 4.74 Å². The zero-order valence-corrected chi connectivity index (χ0v) is 13.4. The average molecular weight is 354 g/mol. The van der Waals surface area contributed by atoms with E-state index in [1.54, 1.807) is 18.5 Å². The predicted octanol–water partition coefficient (Wildman–Crippen LogP) is 3.32. The van der Waals surface area contributed by atoms with Crippen LogP contribution in [0.1, 0.15) is 31.0 Å². The molecule has 0 aliphatic carbocycles. The van der Waals surface area contributed by atoms with Crippen LogP contribution < -0.4 is 16.0 Å². The van der Waals surface area contributed by atoms with Crippen LogP contribution in [0.5, 0.6) is 5.75 Å². The van der Waals surface area contributed by atoms with Gasteiger partial charge in [-0.15, -0.1) is 0 Å². The standard InChI is InChI=1S/C15H17BrFN3O/c1-9(2)21-12-5-10(7-19-8-12)15(20-18)13-4-3-11(17)6-14(13)16/h3-9,15,20H,18H2,1-2H3. The van der Waals surface area contributed by atoms with Crippen LogP contribution in [-0.4, -0.2) is 11.1 Å². The zero-order chi connectivity index (χ0) is 15.4. The predicted molar refractivity (Wildman–Crippen MR) is 83.3 cm³/mol. The van der Waals surface area contributed by atoms with E-state index in [-0.39, 0.29) is 18.0 Å². The van der Waals surface area contributed by atoms with Crippen molar-refractivity contribution in [2.45, 2.75) is 26.0 Å². The fourth-order valence-corrected chi connectivity index (χ4v) is 2.61. The largest absolute Gasteiger partial charge is 0.489 e. The van der Waals surface area contributed by atoms with Gasteiger partial charge in [0.2, 0.25) is 0 Å². The molecule has 1 atom stereocenters. The van der Waals surface area contributed by atoms with Crippen LogP contribution in [0.3, 0.4) is 0 Å². The lowest BCUT2D eigenvalue weighted by Crippen LogP contribution is -2.29. The first-order valence-corrected chi connectivity index (χ1v) is 7.33. The summed E-state index contributed by atoms with van der Waals surface area (Å²) >= 11 is 3.36. The quantitative estimate of drug-likeness (QED) is 0.639. The lowest BCUT2D eigenvalue weighted by Gasteiger charge is -2.19. The molecule has 0 radical (unpaired) electrons. The number of halogens is 2. The van der Waals surface area contributed by atoms with Crippen LogP contribution in [0.4, 0.5) is 4.39 Å². The number of ether oxygens (including phenoxy) is 1. The molecule has 4 nitrogen and oxygen atoms in total. The number of hydrazine groups is 1. The van der Waals surface area contributed by atoms with Gasteiger partial charge >= 0.3 is 0 Å². The maximum absolute atomic E-state index is 13.2. The van der Waals surface area contributed by atoms with Gasteiger partial charge in [0.15, 0.2) is 0 Å². The third kappa shape index (κ3) is 4.00. The molecule has 112 valence electrons. The Hall–Kier alpha value is -1.50. The van der Waals surface area contributed by atoms with Gasteiger partial charge in [0.05, 0.1) is 18.3 Å². The minimum Gasteiger partial charge on any atom is -0.489 e. The highest BCUT2D eigenvalue weighted by atomic mass is 79.9. The Morgan fingerprint density at radius 3 is 2.67 bits per heavy atom. The second-order valence-electron chi connectivity index (χ2n) is 4.89. The summed E-state index contributed by atoms with van der Waals surface area (Å²) in [5.74, 6) is 6.02. The van der Waals surface area contributed by atoms with Crippen molar-refractivity contribution in [3.63, 3.8) is 0 Å². The molecule has 0 aliphatic heterocycles. The Morgan fingerprint density at radius 2 is 2.05 bits per heavy atom. The smallest absolute Gasteiger partial charge is 0.138 e. The van der Waals surface area contributed by atoms with Gasteiger partial charge in [0.1, 0.15) is 11.6 Å². The Kier molecular flexibility index (Phi) is 5.27. The van der Waals surface area contributed by atoms with Crippen LogP contribution in [0.2, 0.25) is 0 Å². The molecular weight excluding hydrogens is 337 g/mol. The highest BCUT2D eigenvalue weighted by molar-refractivity contribution is 9.10. The van der Waals surface area contributed by atoms with Gasteiger partial charge in [0, 0.05) is 10.7 Å². The first kappa shape index (κ1) is 15.9. The van der Waals surface area contributed by atoms with E-state index in [1.165, 1.54) is 12.1 Å². The Labute approximate surface area is 131 Å². The number of nitrogens with two attached hydrogens (primary N) is 1. The van der Waals surface area contributed by atoms with Crippen molar-refractivity contribution in [1.29, 1.82) is 0 Å². The molecule has 0 spiro atoms. The van der Waals surface area contributed by atoms with Crippen molar-refractivity contribution in [1.82, 2.24) is 10.4 Å². The fourth-order valence-electron chi connectivity index (χ4n) is 2.03. The topological polar surface area (TPSA) is 60.2 Å². The zero-order valence-electron chi connectivity index (χ0n) is 11.8. The van der Waals surface area contributed by atoms with E-state index in [1.807, 2.05) is 19.9 Å². The minimum absolute atomic E-state index is 0.0592. The highest BCUT2D eigenvalue weighted by Gasteiger charge is 2.17. The van der Waals surface area contributed by atoms with Gasteiger partial charge in [-0.25, -0.2) is 9.82 Å². The van der Waals surface area contributed by atoms with E-state index < -0.39 is 0 Å². The summed E-state index contributed by atoms with van der Waals surface area (Å²) in [6.07, 6.45) is 3.41. The summed E-state index contributed by atoms with van der Waals surface area (Å²) in [4.78, 5) is 4.17. The second kappa shape index (κ2) is 6.98. The summed E-state index contributed by atoms with van der Waals surface area (Å²) in [5.41, 5.74) is 4.39. The first-order valence-electron chi connectivity index (χ1n) is 6.54. The molecular formula is C15H17BrFN3O. The van der Waals surface area contributed by atoms with Crippen LogP contribution >= 0.6 is 15.9 Å². The molecule has 1 aromatic carbocycles. The van der Waals surface area contributed by atoms with Crippen molar-refractivity contribution in [3.8, 4) is 5.75 Å². The molecule has 0 fully saturated rings. The first-order chi connectivity index (χ1) is 10.0. The Morgan fingerprint density at radius 1 is 1.29 bits per heavy atom. The van der Waals surface area contributed by atoms with E-state index in [4.69, 9.17) is 10.6 Å². The Bertz CT molecular complexity index is 622. The molecule has 0 amide bonds. The van der Waals surface area contributed by atoms with E-state index >= 15 is 0 Å². The number of benzene rings is 1. The number of aromatic nitrogens is 1. The fraction of sp³-hybridized carbons (Fsp3) is 0.267. The number of hydrogen-bond donors (Lipinski definition) is 2. The number of hydrogen-bond acceptors (Lipinski definition) is 4. The number of nitrogens with zero attached hydrogens (tertiary/aromatic N) is 1. The van der Waals surface area contributed by atoms with Crippen molar-refractivity contribution < 1.29 is 9.13 Å². The maximum atomic E-state index is 13.2. The summed E-state index contributed by atoms with van der Waals surface area (Å²) in [5, 5.41) is 0. The molecule has 1 unspecified atom stereocenters. The van der Waals surface area contributed by atoms with Gasteiger partial charge in [0.25, 0.3) is 0 Å². The SMILES string of the molecule is CC(C)Oc1cncc(C(NN)c2ccc(F)cc2Br)c1. The molecule has 6 heteroatoms.